The fourth-order valence-corrected chi connectivity index (χ4v) is 9.84. The van der Waals surface area contributed by atoms with Gasteiger partial charge in [-0.3, -0.25) is 9.36 Å². The van der Waals surface area contributed by atoms with E-state index in [9.17, 15) is 10.1 Å². The molecule has 4 atom stereocenters. The molecule has 3 heterocycles. The number of aromatic nitrogens is 4. The molecular formula is C47H51ClN7O7P. The van der Waals surface area contributed by atoms with Crippen LogP contribution in [0.2, 0.25) is 5.28 Å². The van der Waals surface area contributed by atoms with Crippen molar-refractivity contribution in [2.24, 2.45) is 0 Å². The van der Waals surface area contributed by atoms with Gasteiger partial charge in [-0.15, -0.1) is 0 Å². The highest BCUT2D eigenvalue weighted by Gasteiger charge is 2.45. The second kappa shape index (κ2) is 20.8. The Morgan fingerprint density at radius 2 is 1.49 bits per heavy atom. The standard InChI is InChI=1S/C47H51ClN7O7P/c1-31(2)55(32(3)4)63(60-27-13-26-49)62-39-28-41(54-44-42(52-46(54)48)43(50-30-51-44)53-45(56)33-14-9-7-10-15-33)61-40(39)29-59-47(34-16-11-8-12-17-34,35-18-22-37(57-5)23-19-35)36-20-24-38(58-6)25-21-36/h7-12,14-25,30-32,39-41H,13,27-29H2,1-6H3,(H,50,51,53,56)/t39-,40+,41+,63?/m0/s1. The maximum Gasteiger partial charge on any atom is 0.259 e. The Labute approximate surface area is 374 Å². The van der Waals surface area contributed by atoms with Crippen LogP contribution in [0.15, 0.2) is 116 Å². The Morgan fingerprint density at radius 1 is 0.905 bits per heavy atom. The maximum atomic E-state index is 13.2. The predicted molar refractivity (Wildman–Crippen MR) is 242 cm³/mol. The summed E-state index contributed by atoms with van der Waals surface area (Å²) < 4.78 is 42.8. The number of carbonyl (C=O) groups is 1. The number of amides is 1. The number of benzene rings is 4. The Morgan fingerprint density at radius 3 is 2.06 bits per heavy atom. The number of nitrogens with one attached hydrogen (secondary N) is 1. The molecular weight excluding hydrogens is 841 g/mol. The van der Waals surface area contributed by atoms with Crippen molar-refractivity contribution in [1.29, 1.82) is 5.26 Å². The first-order chi connectivity index (χ1) is 30.6. The van der Waals surface area contributed by atoms with E-state index >= 15 is 0 Å². The Hall–Kier alpha value is -5.49. The van der Waals surface area contributed by atoms with Gasteiger partial charge in [-0.05, 0) is 92.4 Å². The Kier molecular flexibility index (Phi) is 15.0. The van der Waals surface area contributed by atoms with E-state index in [1.54, 1.807) is 43.1 Å². The van der Waals surface area contributed by atoms with E-state index in [1.807, 2.05) is 84.9 Å². The highest BCUT2D eigenvalue weighted by Crippen LogP contribution is 2.51. The number of carbonyl (C=O) groups excluding carboxylic acids is 1. The van der Waals surface area contributed by atoms with Gasteiger partial charge in [0.15, 0.2) is 17.0 Å². The molecule has 0 spiro atoms. The molecule has 328 valence electrons. The minimum absolute atomic E-state index is 0.0382. The van der Waals surface area contributed by atoms with Crippen molar-refractivity contribution < 1.29 is 32.8 Å². The van der Waals surface area contributed by atoms with Crippen LogP contribution >= 0.6 is 20.1 Å². The molecule has 0 bridgehead atoms. The Balaban J connectivity index is 1.30. The van der Waals surface area contributed by atoms with E-state index in [2.05, 4.69) is 58.7 Å². The second-order valence-corrected chi connectivity index (χ2v) is 17.1. The average Bonchev–Trinajstić information content (AvgIpc) is 3.86. The molecule has 4 aromatic carbocycles. The van der Waals surface area contributed by atoms with E-state index in [1.165, 1.54) is 6.33 Å². The molecule has 1 aliphatic rings. The van der Waals surface area contributed by atoms with Crippen molar-refractivity contribution in [3.63, 3.8) is 0 Å². The highest BCUT2D eigenvalue weighted by atomic mass is 35.5. The number of methoxy groups -OCH3 is 2. The maximum absolute atomic E-state index is 13.2. The van der Waals surface area contributed by atoms with Crippen molar-refractivity contribution in [2.45, 2.75) is 76.7 Å². The number of hydrogen-bond acceptors (Lipinski definition) is 12. The van der Waals surface area contributed by atoms with Crippen molar-refractivity contribution in [2.75, 3.05) is 32.8 Å². The summed E-state index contributed by atoms with van der Waals surface area (Å²) in [5.41, 5.74) is 2.54. The lowest BCUT2D eigenvalue weighted by Gasteiger charge is -2.39. The van der Waals surface area contributed by atoms with Crippen LogP contribution in [0.4, 0.5) is 5.82 Å². The van der Waals surface area contributed by atoms with Gasteiger partial charge in [0.25, 0.3) is 14.4 Å². The zero-order chi connectivity index (χ0) is 44.5. The van der Waals surface area contributed by atoms with Crippen molar-refractivity contribution in [3.05, 3.63) is 143 Å². The number of halogens is 1. The van der Waals surface area contributed by atoms with Gasteiger partial charge >= 0.3 is 0 Å². The largest absolute Gasteiger partial charge is 0.497 e. The minimum Gasteiger partial charge on any atom is -0.497 e. The zero-order valence-electron chi connectivity index (χ0n) is 36.1. The molecule has 16 heteroatoms. The van der Waals surface area contributed by atoms with Gasteiger partial charge in [-0.25, -0.2) is 19.6 Å². The summed E-state index contributed by atoms with van der Waals surface area (Å²) in [7, 11) is 1.57. The summed E-state index contributed by atoms with van der Waals surface area (Å²) in [5, 5.41) is 12.4. The summed E-state index contributed by atoms with van der Waals surface area (Å²) in [6.07, 6.45) is -0.216. The van der Waals surface area contributed by atoms with Gasteiger partial charge in [0, 0.05) is 24.1 Å². The fourth-order valence-electron chi connectivity index (χ4n) is 7.81. The summed E-state index contributed by atoms with van der Waals surface area (Å²) >= 11 is 6.97. The van der Waals surface area contributed by atoms with Gasteiger partial charge in [-0.1, -0.05) is 72.8 Å². The smallest absolute Gasteiger partial charge is 0.259 e. The number of ether oxygens (including phenoxy) is 4. The van der Waals surface area contributed by atoms with Crippen LogP contribution in [-0.2, 0) is 24.1 Å². The summed E-state index contributed by atoms with van der Waals surface area (Å²) in [5.74, 6) is 1.24. The summed E-state index contributed by atoms with van der Waals surface area (Å²) in [4.78, 5) is 26.8. The lowest BCUT2D eigenvalue weighted by Crippen LogP contribution is -2.39. The number of imidazole rings is 1. The van der Waals surface area contributed by atoms with E-state index in [0.29, 0.717) is 34.6 Å². The number of nitriles is 1. The average molecular weight is 892 g/mol. The Bertz CT molecular complexity index is 2420. The van der Waals surface area contributed by atoms with E-state index < -0.39 is 32.6 Å². The highest BCUT2D eigenvalue weighted by molar-refractivity contribution is 7.44. The van der Waals surface area contributed by atoms with E-state index in [-0.39, 0.29) is 48.7 Å². The first-order valence-electron chi connectivity index (χ1n) is 20.7. The van der Waals surface area contributed by atoms with Gasteiger partial charge in [0.05, 0.1) is 46.0 Å². The molecule has 1 amide bonds. The molecule has 0 saturated carbocycles. The van der Waals surface area contributed by atoms with Crippen LogP contribution in [0.5, 0.6) is 11.5 Å². The van der Waals surface area contributed by atoms with Crippen molar-refractivity contribution >= 4 is 43.0 Å². The third-order valence-electron chi connectivity index (χ3n) is 10.7. The van der Waals surface area contributed by atoms with Gasteiger partial charge in [0.2, 0.25) is 5.28 Å². The number of rotatable bonds is 19. The first-order valence-corrected chi connectivity index (χ1v) is 22.2. The van der Waals surface area contributed by atoms with E-state index in [0.717, 1.165) is 16.7 Å². The minimum atomic E-state index is -1.70. The molecule has 0 aliphatic carbocycles. The van der Waals surface area contributed by atoms with E-state index in [4.69, 9.17) is 39.6 Å². The zero-order valence-corrected chi connectivity index (χ0v) is 37.7. The summed E-state index contributed by atoms with van der Waals surface area (Å²) in [6, 6.07) is 36.8. The van der Waals surface area contributed by atoms with Gasteiger partial charge < -0.3 is 33.3 Å². The molecule has 1 aliphatic heterocycles. The SMILES string of the molecule is COc1ccc(C(OC[C@H]2O[C@@H](n3c(Cl)nc4c(NC(=O)c5ccccc5)ncnc43)C[C@@H]2OP(OCCC#N)N(C(C)C)C(C)C)(c2ccccc2)c2ccc(OC)cc2)cc1. The molecule has 1 fully saturated rings. The normalized spacial score (nSPS) is 17.0. The molecule has 6 aromatic rings. The van der Waals surface area contributed by atoms with Crippen molar-refractivity contribution in [3.8, 4) is 17.6 Å². The van der Waals surface area contributed by atoms with Crippen LogP contribution in [0.25, 0.3) is 11.2 Å². The molecule has 2 aromatic heterocycles. The van der Waals surface area contributed by atoms with Crippen LogP contribution in [0.1, 0.15) is 73.8 Å². The lowest BCUT2D eigenvalue weighted by atomic mass is 9.80. The van der Waals surface area contributed by atoms with Gasteiger partial charge in [-0.2, -0.15) is 5.26 Å². The fraction of sp³-hybridized carbons (Fsp3) is 0.340. The molecule has 1 N–H and O–H groups in total. The first kappa shape index (κ1) is 45.5. The van der Waals surface area contributed by atoms with Crippen LogP contribution < -0.4 is 14.8 Å². The van der Waals surface area contributed by atoms with Gasteiger partial charge in [0.1, 0.15) is 35.8 Å². The third-order valence-corrected chi connectivity index (χ3v) is 13.1. The van der Waals surface area contributed by atoms with Crippen LogP contribution in [0, 0.1) is 11.3 Å². The van der Waals surface area contributed by atoms with Crippen molar-refractivity contribution in [1.82, 2.24) is 24.2 Å². The summed E-state index contributed by atoms with van der Waals surface area (Å²) in [6.45, 7) is 8.58. The predicted octanol–water partition coefficient (Wildman–Crippen LogP) is 9.71. The number of anilines is 1. The monoisotopic (exact) mass is 891 g/mol. The number of hydrogen-bond donors (Lipinski definition) is 1. The van der Waals surface area contributed by atoms with Crippen LogP contribution in [-0.4, -0.2) is 81.8 Å². The van der Waals surface area contributed by atoms with Crippen LogP contribution in [0.3, 0.4) is 0 Å². The third kappa shape index (κ3) is 10.0. The molecule has 1 unspecified atom stereocenters. The molecule has 14 nitrogen and oxygen atoms in total. The number of fused-ring (bicyclic) bond motifs is 1. The number of nitrogens with zero attached hydrogens (tertiary/aromatic N) is 6. The molecule has 63 heavy (non-hydrogen) atoms. The second-order valence-electron chi connectivity index (χ2n) is 15.3. The topological polar surface area (TPSA) is 155 Å². The molecule has 0 radical (unpaired) electrons. The lowest BCUT2D eigenvalue weighted by molar-refractivity contribution is -0.0911. The molecule has 1 saturated heterocycles. The quantitative estimate of drug-likeness (QED) is 0.0356. The molecule has 7 rings (SSSR count).